The number of nitrogens with one attached hydrogen (secondary N) is 1. The standard InChI is InChI=1S/C44H56N4O12/c1-22-14-13-15-23(2)43(56)47-34-29(20-45-46-21-48-17-11-10-12-18-48)38(53)31-32(39(34)54)37(52)27(6)41-33(31)42(55)44(8,60-41)58-19-16-30(57-9)24(3)40(59-28(7)49)26(5)36(51)25(4)35(22)50/h13-16,19-22,24-26,30,35-36,40,50-52H,10-12,17-18H2,1-9H3,(H,47,56)/b14-13+,19-16+,23-15-,45-20+,46-21+/t22-,24+,25-,26+,30-,35-,36+,40+,44-/m0/s1. The van der Waals surface area contributed by atoms with Gasteiger partial charge < -0.3 is 44.5 Å². The number of benzene rings is 1. The Labute approximate surface area is 349 Å². The van der Waals surface area contributed by atoms with Crippen molar-refractivity contribution in [2.45, 2.75) is 105 Å². The molecule has 1 saturated heterocycles. The number of ether oxygens (including phenoxy) is 4. The summed E-state index contributed by atoms with van der Waals surface area (Å²) in [4.78, 5) is 71.3. The number of phenolic OH excluding ortho intramolecular Hbond substituents is 1. The molecule has 60 heavy (non-hydrogen) atoms. The van der Waals surface area contributed by atoms with Gasteiger partial charge in [-0.05, 0) is 39.2 Å². The van der Waals surface area contributed by atoms with E-state index in [1.807, 2.05) is 4.90 Å². The zero-order valence-corrected chi connectivity index (χ0v) is 35.6. The van der Waals surface area contributed by atoms with E-state index in [-0.39, 0.29) is 28.0 Å². The van der Waals surface area contributed by atoms with Gasteiger partial charge in [0.25, 0.3) is 11.7 Å². The van der Waals surface area contributed by atoms with Crippen LogP contribution in [0.4, 0.5) is 0 Å². The number of allylic oxidation sites excluding steroid dienone is 4. The summed E-state index contributed by atoms with van der Waals surface area (Å²) in [6, 6.07) is 0. The number of hydrogen-bond donors (Lipinski definition) is 4. The number of esters is 1. The first-order valence-corrected chi connectivity index (χ1v) is 20.2. The number of carbonyl (C=O) groups excluding carboxylic acids is 5. The fraction of sp³-hybridized carbons (Fsp3) is 0.523. The van der Waals surface area contributed by atoms with Crippen LogP contribution in [0, 0.1) is 30.6 Å². The van der Waals surface area contributed by atoms with Gasteiger partial charge in [0.1, 0.15) is 29.6 Å². The van der Waals surface area contributed by atoms with Crippen molar-refractivity contribution in [1.82, 2.24) is 10.2 Å². The average molecular weight is 833 g/mol. The van der Waals surface area contributed by atoms with Crippen molar-refractivity contribution in [2.24, 2.45) is 33.9 Å². The van der Waals surface area contributed by atoms with E-state index >= 15 is 0 Å². The van der Waals surface area contributed by atoms with E-state index in [1.165, 1.54) is 53.3 Å². The third-order valence-electron chi connectivity index (χ3n) is 11.9. The number of fused-ring (bicyclic) bond motifs is 14. The number of aliphatic hydroxyl groups excluding tert-OH is 2. The molecule has 0 saturated carbocycles. The van der Waals surface area contributed by atoms with E-state index in [4.69, 9.17) is 18.9 Å². The first kappa shape index (κ1) is 45.6. The third kappa shape index (κ3) is 9.15. The average Bonchev–Trinajstić information content (AvgIpc) is 3.48. The summed E-state index contributed by atoms with van der Waals surface area (Å²) in [7, 11) is 1.42. The van der Waals surface area contributed by atoms with Gasteiger partial charge in [0.15, 0.2) is 5.78 Å². The van der Waals surface area contributed by atoms with Crippen LogP contribution in [0.2, 0.25) is 0 Å². The first-order chi connectivity index (χ1) is 28.3. The fourth-order valence-electron chi connectivity index (χ4n) is 8.07. The highest BCUT2D eigenvalue weighted by Gasteiger charge is 2.52. The number of aliphatic hydroxyl groups is 2. The number of ketones is 3. The molecule has 0 aromatic heterocycles. The summed E-state index contributed by atoms with van der Waals surface area (Å²) < 4.78 is 23.5. The molecule has 1 amide bonds. The van der Waals surface area contributed by atoms with Gasteiger partial charge in [-0.3, -0.25) is 24.0 Å². The van der Waals surface area contributed by atoms with E-state index in [2.05, 4.69) is 15.5 Å². The van der Waals surface area contributed by atoms with E-state index < -0.39 is 106 Å². The van der Waals surface area contributed by atoms with Crippen LogP contribution < -0.4 is 10.1 Å². The highest BCUT2D eigenvalue weighted by molar-refractivity contribution is 6.37. The molecular weight excluding hydrogens is 776 g/mol. The lowest BCUT2D eigenvalue weighted by atomic mass is 9.78. The number of phenols is 1. The van der Waals surface area contributed by atoms with Crippen LogP contribution in [0.1, 0.15) is 104 Å². The van der Waals surface area contributed by atoms with E-state index in [1.54, 1.807) is 39.8 Å². The van der Waals surface area contributed by atoms with Gasteiger partial charge in [-0.2, -0.15) is 5.10 Å². The topological polar surface area (TPSA) is 223 Å². The predicted molar refractivity (Wildman–Crippen MR) is 221 cm³/mol. The second-order valence-corrected chi connectivity index (χ2v) is 16.2. The van der Waals surface area contributed by atoms with Gasteiger partial charge in [0, 0.05) is 68.9 Å². The number of methoxy groups -OCH3 is 1. The molecule has 16 heteroatoms. The van der Waals surface area contributed by atoms with E-state index in [9.17, 15) is 39.3 Å². The lowest BCUT2D eigenvalue weighted by molar-refractivity contribution is -0.160. The third-order valence-corrected chi connectivity index (χ3v) is 11.9. The monoisotopic (exact) mass is 832 g/mol. The number of likely N-dealkylation sites (tertiary alicyclic amines) is 1. The summed E-state index contributed by atoms with van der Waals surface area (Å²) in [6.45, 7) is 13.8. The predicted octanol–water partition coefficient (Wildman–Crippen LogP) is 4.50. The van der Waals surface area contributed by atoms with Gasteiger partial charge in [-0.25, -0.2) is 0 Å². The zero-order chi connectivity index (χ0) is 44.2. The zero-order valence-electron chi connectivity index (χ0n) is 35.6. The number of aromatic hydroxyl groups is 1. The Balaban J connectivity index is 1.65. The molecule has 9 atom stereocenters. The quantitative estimate of drug-likeness (QED) is 0.139. The number of amides is 1. The maximum Gasteiger partial charge on any atom is 0.312 e. The minimum Gasteiger partial charge on any atom is -0.507 e. The number of carbonyl (C=O) groups is 5. The molecule has 0 unspecified atom stereocenters. The van der Waals surface area contributed by atoms with Crippen molar-refractivity contribution in [3.63, 3.8) is 0 Å². The molecule has 1 aliphatic carbocycles. The van der Waals surface area contributed by atoms with Gasteiger partial charge in [-0.1, -0.05) is 45.9 Å². The van der Waals surface area contributed by atoms with Crippen LogP contribution in [0.25, 0.3) is 0 Å². The minimum atomic E-state index is -2.11. The van der Waals surface area contributed by atoms with Crippen LogP contribution in [0.15, 0.2) is 57.6 Å². The van der Waals surface area contributed by atoms with Crippen molar-refractivity contribution in [1.29, 1.82) is 0 Å². The lowest BCUT2D eigenvalue weighted by Gasteiger charge is -2.38. The van der Waals surface area contributed by atoms with Crippen molar-refractivity contribution < 1.29 is 58.2 Å². The largest absolute Gasteiger partial charge is 0.507 e. The van der Waals surface area contributed by atoms with Crippen molar-refractivity contribution >= 4 is 41.8 Å². The minimum absolute atomic E-state index is 0.0269. The summed E-state index contributed by atoms with van der Waals surface area (Å²) in [5, 5.41) is 45.0. The van der Waals surface area contributed by atoms with Crippen molar-refractivity contribution in [3.8, 4) is 11.5 Å². The van der Waals surface area contributed by atoms with Crippen LogP contribution in [-0.4, -0.2) is 112 Å². The highest BCUT2D eigenvalue weighted by atomic mass is 16.7. The Morgan fingerprint density at radius 1 is 0.933 bits per heavy atom. The number of piperidine rings is 1. The Bertz CT molecular complexity index is 2080. The molecule has 16 nitrogen and oxygen atoms in total. The Hall–Kier alpha value is -5.45. The Morgan fingerprint density at radius 3 is 2.27 bits per heavy atom. The normalized spacial score (nSPS) is 32.7. The first-order valence-electron chi connectivity index (χ1n) is 20.2. The molecule has 4 heterocycles. The Morgan fingerprint density at radius 2 is 1.62 bits per heavy atom. The molecule has 5 bridgehead atoms. The van der Waals surface area contributed by atoms with E-state index in [0.717, 1.165) is 44.8 Å². The molecule has 1 aromatic rings. The number of Topliss-reactive ketones (excluding diaryl/α,β-unsaturated/α-hetero) is 3. The van der Waals surface area contributed by atoms with Crippen LogP contribution in [-0.2, 0) is 23.8 Å². The molecular formula is C44H56N4O12. The molecule has 0 spiro atoms. The highest BCUT2D eigenvalue weighted by Crippen LogP contribution is 2.48. The molecule has 4 aliphatic heterocycles. The molecule has 1 fully saturated rings. The summed E-state index contributed by atoms with van der Waals surface area (Å²) >= 11 is 0. The van der Waals surface area contributed by atoms with Crippen LogP contribution >= 0.6 is 0 Å². The maximum absolute atomic E-state index is 14.6. The lowest BCUT2D eigenvalue weighted by Crippen LogP contribution is -2.46. The second-order valence-electron chi connectivity index (χ2n) is 16.2. The van der Waals surface area contributed by atoms with Gasteiger partial charge >= 0.3 is 11.8 Å². The molecule has 6 rings (SSSR count). The summed E-state index contributed by atoms with van der Waals surface area (Å²) in [5.41, 5.74) is -2.07. The van der Waals surface area contributed by atoms with E-state index in [0.29, 0.717) is 0 Å². The van der Waals surface area contributed by atoms with Crippen molar-refractivity contribution in [2.75, 3.05) is 20.2 Å². The van der Waals surface area contributed by atoms with Crippen molar-refractivity contribution in [3.05, 3.63) is 69.7 Å². The van der Waals surface area contributed by atoms with Gasteiger partial charge in [-0.15, -0.1) is 5.10 Å². The number of rotatable bonds is 5. The SMILES string of the molecule is CO[C@H]1/C=C/O[C@@]2(C)Oc3c(C)c(O)c4c(c3C2=O)C(=O)C(/C=N/N=C/N2CCCCC2)=C(NC(=O)/C(C)=C\C=C\[C@H](C)[C@H](O)[C@H](C)[C@@H](O)[C@@H](C)[C@H](OC(C)=O)[C@@H]1C)C4=O. The number of nitrogens with zero attached hydrogens (tertiary/aromatic N) is 3. The molecule has 4 N–H and O–H groups in total. The fourth-order valence-corrected chi connectivity index (χ4v) is 8.07. The molecule has 0 radical (unpaired) electrons. The summed E-state index contributed by atoms with van der Waals surface area (Å²) in [5.74, 6) is -9.56. The molecule has 324 valence electrons. The van der Waals surface area contributed by atoms with Gasteiger partial charge in [0.05, 0.1) is 53.1 Å². The second kappa shape index (κ2) is 18.9. The number of hydrogen-bond acceptors (Lipinski definition) is 14. The van der Waals surface area contributed by atoms with Gasteiger partial charge in [0.2, 0.25) is 5.78 Å². The van der Waals surface area contributed by atoms with Crippen LogP contribution in [0.5, 0.6) is 11.5 Å². The Kier molecular flexibility index (Phi) is 14.3. The smallest absolute Gasteiger partial charge is 0.312 e. The molecule has 1 aromatic carbocycles. The maximum atomic E-state index is 14.6. The summed E-state index contributed by atoms with van der Waals surface area (Å²) in [6.07, 6.45) is 8.90. The molecule has 5 aliphatic rings. The van der Waals surface area contributed by atoms with Crippen LogP contribution in [0.3, 0.4) is 0 Å².